The van der Waals surface area contributed by atoms with Crippen LogP contribution in [0.15, 0.2) is 59.5 Å². The monoisotopic (exact) mass is 487 g/mol. The largest absolute Gasteiger partial charge is 0.481 e. The molecule has 1 atom stereocenters. The van der Waals surface area contributed by atoms with E-state index >= 15 is 0 Å². The summed E-state index contributed by atoms with van der Waals surface area (Å²) in [6.45, 7) is 9.79. The van der Waals surface area contributed by atoms with Crippen molar-refractivity contribution in [3.05, 3.63) is 65.7 Å². The van der Waals surface area contributed by atoms with Crippen LogP contribution in [0.2, 0.25) is 0 Å². The highest BCUT2D eigenvalue weighted by Gasteiger charge is 2.29. The van der Waals surface area contributed by atoms with Gasteiger partial charge >= 0.3 is 5.97 Å². The fourth-order valence-corrected chi connectivity index (χ4v) is 4.98. The van der Waals surface area contributed by atoms with Gasteiger partial charge in [-0.25, -0.2) is 13.2 Å². The number of carbonyl (C=O) groups is 2. The molecule has 0 saturated heterocycles. The summed E-state index contributed by atoms with van der Waals surface area (Å²) >= 11 is 0. The number of sulfone groups is 1. The van der Waals surface area contributed by atoms with Crippen molar-refractivity contribution in [3.63, 3.8) is 0 Å². The molecule has 0 N–H and O–H groups in total. The van der Waals surface area contributed by atoms with Gasteiger partial charge in [-0.3, -0.25) is 4.79 Å². The molecular formula is C26H33NO6S. The summed E-state index contributed by atoms with van der Waals surface area (Å²) < 4.78 is 37.5. The first-order chi connectivity index (χ1) is 16.1. The maximum absolute atomic E-state index is 13.5. The number of allylic oxidation sites excluding steroid dienone is 1. The first kappa shape index (κ1) is 27.1. The highest BCUT2D eigenvalue weighted by molar-refractivity contribution is 7.91. The van der Waals surface area contributed by atoms with Gasteiger partial charge in [-0.2, -0.15) is 0 Å². The number of ether oxygens (including phenoxy) is 2. The Morgan fingerprint density at radius 2 is 1.68 bits per heavy atom. The lowest BCUT2D eigenvalue weighted by molar-refractivity contribution is -0.145. The van der Waals surface area contributed by atoms with Crippen LogP contribution in [0.5, 0.6) is 5.75 Å². The summed E-state index contributed by atoms with van der Waals surface area (Å²) in [6, 6.07) is 13.5. The van der Waals surface area contributed by atoms with E-state index in [9.17, 15) is 18.0 Å². The molecule has 0 spiro atoms. The third kappa shape index (κ3) is 6.70. The predicted octanol–water partition coefficient (Wildman–Crippen LogP) is 4.44. The zero-order chi connectivity index (χ0) is 25.3. The molecule has 0 aliphatic rings. The second-order valence-corrected chi connectivity index (χ2v) is 9.93. The fraction of sp³-hybridized carbons (Fsp3) is 0.385. The normalized spacial score (nSPS) is 12.7. The second-order valence-electron chi connectivity index (χ2n) is 7.69. The zero-order valence-corrected chi connectivity index (χ0v) is 21.2. The lowest BCUT2D eigenvalue weighted by atomic mass is 10.1. The molecule has 184 valence electrons. The van der Waals surface area contributed by atoms with Gasteiger partial charge in [0.25, 0.3) is 0 Å². The maximum atomic E-state index is 13.5. The Kier molecular flexibility index (Phi) is 9.86. The molecule has 0 radical (unpaired) electrons. The zero-order valence-electron chi connectivity index (χ0n) is 20.4. The van der Waals surface area contributed by atoms with Gasteiger partial charge in [0.1, 0.15) is 10.6 Å². The van der Waals surface area contributed by atoms with Crippen molar-refractivity contribution in [2.45, 2.75) is 44.8 Å². The Bertz CT molecular complexity index is 1120. The summed E-state index contributed by atoms with van der Waals surface area (Å²) in [5.74, 6) is -0.696. The minimum atomic E-state index is -3.84. The number of likely N-dealkylation sites (N-methyl/N-ethyl adjacent to an activating group) is 1. The quantitative estimate of drug-likeness (QED) is 0.344. The Morgan fingerprint density at radius 1 is 1.03 bits per heavy atom. The van der Waals surface area contributed by atoms with Gasteiger partial charge in [0.15, 0.2) is 16.4 Å². The van der Waals surface area contributed by atoms with Crippen LogP contribution < -0.4 is 4.74 Å². The van der Waals surface area contributed by atoms with Crippen LogP contribution in [0.3, 0.4) is 0 Å². The molecule has 0 aromatic heterocycles. The topological polar surface area (TPSA) is 90.0 Å². The van der Waals surface area contributed by atoms with Crippen LogP contribution in [-0.4, -0.2) is 51.5 Å². The van der Waals surface area contributed by atoms with Gasteiger partial charge < -0.3 is 14.4 Å². The van der Waals surface area contributed by atoms with E-state index in [1.807, 2.05) is 19.9 Å². The fourth-order valence-electron chi connectivity index (χ4n) is 3.43. The van der Waals surface area contributed by atoms with Crippen molar-refractivity contribution in [2.75, 3.05) is 26.3 Å². The van der Waals surface area contributed by atoms with Crippen molar-refractivity contribution in [3.8, 4) is 5.75 Å². The summed E-state index contributed by atoms with van der Waals surface area (Å²) in [6.07, 6.45) is 1.51. The van der Waals surface area contributed by atoms with Crippen molar-refractivity contribution < 1.29 is 27.5 Å². The highest BCUT2D eigenvalue weighted by atomic mass is 32.2. The summed E-state index contributed by atoms with van der Waals surface area (Å²) in [4.78, 5) is 26.0. The predicted molar refractivity (Wildman–Crippen MR) is 132 cm³/mol. The van der Waals surface area contributed by atoms with Gasteiger partial charge in [0.2, 0.25) is 5.91 Å². The van der Waals surface area contributed by atoms with Crippen LogP contribution in [0, 0.1) is 0 Å². The molecule has 0 aliphatic carbocycles. The number of benzene rings is 2. The van der Waals surface area contributed by atoms with Crippen LogP contribution in [0.4, 0.5) is 0 Å². The smallest absolute Gasteiger partial charge is 0.344 e. The van der Waals surface area contributed by atoms with Gasteiger partial charge in [-0.15, -0.1) is 0 Å². The molecule has 34 heavy (non-hydrogen) atoms. The van der Waals surface area contributed by atoms with Gasteiger partial charge in [-0.05, 0) is 63.5 Å². The van der Waals surface area contributed by atoms with Gasteiger partial charge in [0, 0.05) is 19.2 Å². The molecular weight excluding hydrogens is 454 g/mol. The molecule has 8 heteroatoms. The van der Waals surface area contributed by atoms with E-state index in [2.05, 4.69) is 0 Å². The van der Waals surface area contributed by atoms with Crippen LogP contribution in [-0.2, 0) is 24.2 Å². The molecule has 2 aromatic carbocycles. The van der Waals surface area contributed by atoms with Crippen molar-refractivity contribution in [1.29, 1.82) is 0 Å². The Labute approximate surface area is 202 Å². The number of hydrogen-bond acceptors (Lipinski definition) is 6. The van der Waals surface area contributed by atoms with E-state index in [0.717, 1.165) is 0 Å². The SMILES string of the molecule is CCOC(=O)COc1cc(/C(C)=C\C(=O)N(CC)CC)ccc1S(=O)(=O)C(C)c1ccccc1. The van der Waals surface area contributed by atoms with Crippen molar-refractivity contribution in [2.24, 2.45) is 0 Å². The van der Waals surface area contributed by atoms with E-state index in [-0.39, 0.29) is 23.2 Å². The third-order valence-electron chi connectivity index (χ3n) is 5.51. The van der Waals surface area contributed by atoms with Gasteiger partial charge in [0.05, 0.1) is 11.9 Å². The molecule has 2 aromatic rings. The summed E-state index contributed by atoms with van der Waals surface area (Å²) in [5, 5.41) is -0.828. The van der Waals surface area contributed by atoms with Gasteiger partial charge in [-0.1, -0.05) is 36.4 Å². The number of esters is 1. The van der Waals surface area contributed by atoms with E-state index in [4.69, 9.17) is 9.47 Å². The Balaban J connectivity index is 2.50. The van der Waals surface area contributed by atoms with E-state index < -0.39 is 27.7 Å². The van der Waals surface area contributed by atoms with E-state index in [1.165, 1.54) is 12.1 Å². The third-order valence-corrected chi connectivity index (χ3v) is 7.66. The molecule has 7 nitrogen and oxygen atoms in total. The minimum Gasteiger partial charge on any atom is -0.481 e. The first-order valence-corrected chi connectivity index (χ1v) is 12.9. The lowest BCUT2D eigenvalue weighted by Gasteiger charge is -2.19. The molecule has 0 aliphatic heterocycles. The first-order valence-electron chi connectivity index (χ1n) is 11.3. The lowest BCUT2D eigenvalue weighted by Crippen LogP contribution is -2.28. The average Bonchev–Trinajstić information content (AvgIpc) is 2.83. The maximum Gasteiger partial charge on any atom is 0.344 e. The van der Waals surface area contributed by atoms with Crippen LogP contribution >= 0.6 is 0 Å². The Morgan fingerprint density at radius 3 is 2.26 bits per heavy atom. The van der Waals surface area contributed by atoms with Crippen molar-refractivity contribution >= 4 is 27.3 Å². The molecule has 1 unspecified atom stereocenters. The molecule has 0 fully saturated rings. The van der Waals surface area contributed by atoms with Crippen LogP contribution in [0.1, 0.15) is 51.0 Å². The number of amides is 1. The molecule has 0 bridgehead atoms. The minimum absolute atomic E-state index is 0.0280. The number of nitrogens with zero attached hydrogens (tertiary/aromatic N) is 1. The standard InChI is InChI=1S/C26H33NO6S/c1-6-27(7-2)25(28)16-19(4)22-14-15-24(23(17-22)33-18-26(29)32-8-3)34(30,31)20(5)21-12-10-9-11-13-21/h9-17,20H,6-8,18H2,1-5H3/b19-16-. The molecule has 2 rings (SSSR count). The highest BCUT2D eigenvalue weighted by Crippen LogP contribution is 2.35. The number of hydrogen-bond donors (Lipinski definition) is 0. The number of rotatable bonds is 11. The summed E-state index contributed by atoms with van der Waals surface area (Å²) in [5.41, 5.74) is 1.91. The Hall–Kier alpha value is -3.13. The van der Waals surface area contributed by atoms with E-state index in [1.54, 1.807) is 62.1 Å². The molecule has 1 amide bonds. The molecule has 0 saturated carbocycles. The van der Waals surface area contributed by atoms with Crippen molar-refractivity contribution in [1.82, 2.24) is 4.90 Å². The second kappa shape index (κ2) is 12.4. The number of carbonyl (C=O) groups excluding carboxylic acids is 2. The average molecular weight is 488 g/mol. The molecule has 0 heterocycles. The van der Waals surface area contributed by atoms with Crippen LogP contribution in [0.25, 0.3) is 5.57 Å². The van der Waals surface area contributed by atoms with E-state index in [0.29, 0.717) is 29.8 Å². The summed E-state index contributed by atoms with van der Waals surface area (Å²) in [7, 11) is -3.84.